The standard InChI is InChI=1S/C17H24N4O/c1-13-10-20(11-14(2)22-13)12-16-6-4-8-21(16)17-15(9-18)5-3-7-19-17/h3,5,7,13-14,16H,4,6,8,10-12H2,1-2H3/t13-,14+,16-/m0/s1. The summed E-state index contributed by atoms with van der Waals surface area (Å²) in [5.74, 6) is 0.849. The molecule has 2 saturated heterocycles. The maximum absolute atomic E-state index is 9.31. The lowest BCUT2D eigenvalue weighted by Crippen LogP contribution is -2.50. The molecule has 22 heavy (non-hydrogen) atoms. The Labute approximate surface area is 132 Å². The summed E-state index contributed by atoms with van der Waals surface area (Å²) >= 11 is 0. The Bertz CT molecular complexity index is 546. The number of anilines is 1. The minimum Gasteiger partial charge on any atom is -0.373 e. The minimum atomic E-state index is 0.295. The SMILES string of the molecule is C[C@@H]1CN(C[C@@H]2CCCN2c2ncccc2C#N)C[C@H](C)O1. The minimum absolute atomic E-state index is 0.295. The van der Waals surface area contributed by atoms with Crippen LogP contribution >= 0.6 is 0 Å². The number of morpholine rings is 1. The number of aromatic nitrogens is 1. The average Bonchev–Trinajstić information content (AvgIpc) is 2.94. The third-order valence-corrected chi connectivity index (χ3v) is 4.52. The Kier molecular flexibility index (Phi) is 4.60. The summed E-state index contributed by atoms with van der Waals surface area (Å²) in [6.45, 7) is 8.28. The molecule has 0 saturated carbocycles. The van der Waals surface area contributed by atoms with Gasteiger partial charge in [0, 0.05) is 38.4 Å². The Morgan fingerprint density at radius 2 is 2.14 bits per heavy atom. The van der Waals surface area contributed by atoms with Gasteiger partial charge in [0.2, 0.25) is 0 Å². The van der Waals surface area contributed by atoms with Gasteiger partial charge >= 0.3 is 0 Å². The summed E-state index contributed by atoms with van der Waals surface area (Å²) in [6.07, 6.45) is 4.71. The zero-order valence-corrected chi connectivity index (χ0v) is 13.4. The van der Waals surface area contributed by atoms with Crippen molar-refractivity contribution >= 4 is 5.82 Å². The molecule has 0 N–H and O–H groups in total. The highest BCUT2D eigenvalue weighted by Crippen LogP contribution is 2.27. The molecular formula is C17H24N4O. The van der Waals surface area contributed by atoms with E-state index in [0.29, 0.717) is 23.8 Å². The fraction of sp³-hybridized carbons (Fsp3) is 0.647. The Balaban J connectivity index is 1.72. The first-order valence-electron chi connectivity index (χ1n) is 8.17. The maximum atomic E-state index is 9.31. The van der Waals surface area contributed by atoms with Gasteiger partial charge in [-0.3, -0.25) is 4.90 Å². The molecule has 0 aromatic carbocycles. The van der Waals surface area contributed by atoms with Gasteiger partial charge in [0.15, 0.2) is 0 Å². The summed E-state index contributed by atoms with van der Waals surface area (Å²) in [4.78, 5) is 9.28. The maximum Gasteiger partial charge on any atom is 0.146 e. The zero-order chi connectivity index (χ0) is 15.5. The van der Waals surface area contributed by atoms with Gasteiger partial charge in [-0.25, -0.2) is 4.98 Å². The third kappa shape index (κ3) is 3.23. The quantitative estimate of drug-likeness (QED) is 0.855. The number of ether oxygens (including phenoxy) is 1. The summed E-state index contributed by atoms with van der Waals surface area (Å²) < 4.78 is 5.82. The topological polar surface area (TPSA) is 52.4 Å². The number of rotatable bonds is 3. The van der Waals surface area contributed by atoms with E-state index in [9.17, 15) is 5.26 Å². The monoisotopic (exact) mass is 300 g/mol. The van der Waals surface area contributed by atoms with E-state index in [1.807, 2.05) is 12.1 Å². The fourth-order valence-corrected chi connectivity index (χ4v) is 3.75. The number of hydrogen-bond acceptors (Lipinski definition) is 5. The molecule has 5 nitrogen and oxygen atoms in total. The van der Waals surface area contributed by atoms with Crippen LogP contribution in [0.1, 0.15) is 32.3 Å². The van der Waals surface area contributed by atoms with Crippen molar-refractivity contribution < 1.29 is 4.74 Å². The summed E-state index contributed by atoms with van der Waals surface area (Å²) in [5, 5.41) is 9.31. The number of pyridine rings is 1. The molecule has 2 aliphatic rings. The molecule has 0 aliphatic carbocycles. The number of nitriles is 1. The molecule has 5 heteroatoms. The van der Waals surface area contributed by atoms with Gasteiger partial charge in [-0.15, -0.1) is 0 Å². The van der Waals surface area contributed by atoms with Gasteiger partial charge in [-0.2, -0.15) is 5.26 Å². The molecule has 0 spiro atoms. The van der Waals surface area contributed by atoms with E-state index in [2.05, 4.69) is 34.7 Å². The molecule has 1 aromatic rings. The molecule has 0 unspecified atom stereocenters. The van der Waals surface area contributed by atoms with Crippen LogP contribution in [0.2, 0.25) is 0 Å². The van der Waals surface area contributed by atoms with Crippen molar-refractivity contribution in [3.63, 3.8) is 0 Å². The van der Waals surface area contributed by atoms with Crippen molar-refractivity contribution in [1.29, 1.82) is 5.26 Å². The smallest absolute Gasteiger partial charge is 0.146 e. The zero-order valence-electron chi connectivity index (χ0n) is 13.4. The predicted molar refractivity (Wildman–Crippen MR) is 85.8 cm³/mol. The lowest BCUT2D eigenvalue weighted by molar-refractivity contribution is -0.0689. The molecule has 2 aliphatic heterocycles. The number of hydrogen-bond donors (Lipinski definition) is 0. The predicted octanol–water partition coefficient (Wildman–Crippen LogP) is 2.03. The first-order valence-corrected chi connectivity index (χ1v) is 8.17. The first-order chi connectivity index (χ1) is 10.7. The molecule has 3 atom stereocenters. The van der Waals surface area contributed by atoms with Gasteiger partial charge in [0.1, 0.15) is 11.9 Å². The van der Waals surface area contributed by atoms with Crippen LogP contribution in [0.5, 0.6) is 0 Å². The van der Waals surface area contributed by atoms with E-state index in [1.54, 1.807) is 6.20 Å². The van der Waals surface area contributed by atoms with E-state index < -0.39 is 0 Å². The highest BCUT2D eigenvalue weighted by Gasteiger charge is 2.31. The van der Waals surface area contributed by atoms with Crippen molar-refractivity contribution in [2.24, 2.45) is 0 Å². The van der Waals surface area contributed by atoms with Gasteiger partial charge < -0.3 is 9.64 Å². The molecule has 0 bridgehead atoms. The normalized spacial score (nSPS) is 29.5. The van der Waals surface area contributed by atoms with Gasteiger partial charge in [-0.1, -0.05) is 0 Å². The van der Waals surface area contributed by atoms with Crippen molar-refractivity contribution in [3.05, 3.63) is 23.9 Å². The molecule has 1 aromatic heterocycles. The van der Waals surface area contributed by atoms with Crippen molar-refractivity contribution in [2.75, 3.05) is 31.1 Å². The molecule has 0 amide bonds. The summed E-state index contributed by atoms with van der Waals surface area (Å²) in [5.41, 5.74) is 0.679. The molecule has 3 rings (SSSR count). The summed E-state index contributed by atoms with van der Waals surface area (Å²) in [6, 6.07) is 6.41. The Morgan fingerprint density at radius 1 is 1.36 bits per heavy atom. The molecule has 3 heterocycles. The highest BCUT2D eigenvalue weighted by atomic mass is 16.5. The van der Waals surface area contributed by atoms with E-state index >= 15 is 0 Å². The van der Waals surface area contributed by atoms with Gasteiger partial charge in [0.25, 0.3) is 0 Å². The van der Waals surface area contributed by atoms with Crippen LogP contribution < -0.4 is 4.90 Å². The van der Waals surface area contributed by atoms with Crippen LogP contribution in [-0.4, -0.2) is 54.3 Å². The summed E-state index contributed by atoms with van der Waals surface area (Å²) in [7, 11) is 0. The van der Waals surface area contributed by atoms with Crippen LogP contribution in [0.25, 0.3) is 0 Å². The van der Waals surface area contributed by atoms with Gasteiger partial charge in [-0.05, 0) is 38.8 Å². The van der Waals surface area contributed by atoms with E-state index in [4.69, 9.17) is 4.74 Å². The molecule has 118 valence electrons. The van der Waals surface area contributed by atoms with Crippen molar-refractivity contribution in [3.8, 4) is 6.07 Å². The second-order valence-corrected chi connectivity index (χ2v) is 6.45. The van der Waals surface area contributed by atoms with Crippen LogP contribution in [0.3, 0.4) is 0 Å². The van der Waals surface area contributed by atoms with Crippen molar-refractivity contribution in [2.45, 2.75) is 44.9 Å². The molecule has 0 radical (unpaired) electrons. The highest BCUT2D eigenvalue weighted by molar-refractivity contribution is 5.54. The van der Waals surface area contributed by atoms with Crippen LogP contribution in [0, 0.1) is 11.3 Å². The van der Waals surface area contributed by atoms with E-state index in [0.717, 1.165) is 32.0 Å². The van der Waals surface area contributed by atoms with E-state index in [-0.39, 0.29) is 0 Å². The van der Waals surface area contributed by atoms with Crippen LogP contribution in [-0.2, 0) is 4.74 Å². The largest absolute Gasteiger partial charge is 0.373 e. The lowest BCUT2D eigenvalue weighted by Gasteiger charge is -2.38. The second kappa shape index (κ2) is 6.64. The Morgan fingerprint density at radius 3 is 2.86 bits per heavy atom. The average molecular weight is 300 g/mol. The van der Waals surface area contributed by atoms with Gasteiger partial charge in [0.05, 0.1) is 17.8 Å². The second-order valence-electron chi connectivity index (χ2n) is 6.45. The Hall–Kier alpha value is -1.64. The lowest BCUT2D eigenvalue weighted by atomic mass is 10.1. The molecular weight excluding hydrogens is 276 g/mol. The van der Waals surface area contributed by atoms with Crippen molar-refractivity contribution in [1.82, 2.24) is 9.88 Å². The fourth-order valence-electron chi connectivity index (χ4n) is 3.75. The number of nitrogens with zero attached hydrogens (tertiary/aromatic N) is 4. The van der Waals surface area contributed by atoms with E-state index in [1.165, 1.54) is 12.8 Å². The molecule has 2 fully saturated rings. The first kappa shape index (κ1) is 15.3. The third-order valence-electron chi connectivity index (χ3n) is 4.52. The van der Waals surface area contributed by atoms with Crippen LogP contribution in [0.15, 0.2) is 18.3 Å². The van der Waals surface area contributed by atoms with Crippen LogP contribution in [0.4, 0.5) is 5.82 Å².